The van der Waals surface area contributed by atoms with Gasteiger partial charge in [0, 0.05) is 21.8 Å². The predicted octanol–water partition coefficient (Wildman–Crippen LogP) is 6.53. The molecular formula is C24H22F3NO4S2. The average molecular weight is 510 g/mol. The fourth-order valence-corrected chi connectivity index (χ4v) is 6.04. The Hall–Kier alpha value is -2.72. The van der Waals surface area contributed by atoms with Gasteiger partial charge in [0.1, 0.15) is 16.5 Å². The number of carboxylic acid groups (broad SMARTS) is 1. The summed E-state index contributed by atoms with van der Waals surface area (Å²) in [5.41, 5.74) is 2.53. The number of alkyl halides is 3. The van der Waals surface area contributed by atoms with E-state index in [1.807, 2.05) is 19.9 Å². The van der Waals surface area contributed by atoms with Gasteiger partial charge in [0.05, 0.1) is 22.8 Å². The van der Waals surface area contributed by atoms with E-state index in [4.69, 9.17) is 14.6 Å². The Balaban J connectivity index is 1.54. The maximum Gasteiger partial charge on any atom is 0.416 e. The molecule has 0 saturated carbocycles. The van der Waals surface area contributed by atoms with E-state index in [1.54, 1.807) is 11.8 Å². The lowest BCUT2D eigenvalue weighted by molar-refractivity contribution is -0.139. The highest BCUT2D eigenvalue weighted by Crippen LogP contribution is 2.45. The number of thiazole rings is 1. The maximum absolute atomic E-state index is 12.8. The quantitative estimate of drug-likeness (QED) is 0.366. The minimum Gasteiger partial charge on any atom is -0.492 e. The van der Waals surface area contributed by atoms with E-state index in [-0.39, 0.29) is 0 Å². The standard InChI is InChI=1S/C24H22F3NO4S2/c1-13-10-18(22-17(4-3-9-31-22)21(13)32-11-20(29)30)33-12-19-14(2)28-23(34-19)15-5-7-16(8-6-15)24(25,26)27/h5-8,10H,3-4,9,11-12H2,1-2H3,(H,29,30). The van der Waals surface area contributed by atoms with Gasteiger partial charge in [0.2, 0.25) is 0 Å². The molecule has 0 bridgehead atoms. The number of halogens is 3. The Morgan fingerprint density at radius 1 is 1.26 bits per heavy atom. The van der Waals surface area contributed by atoms with E-state index in [0.29, 0.717) is 28.7 Å². The normalized spacial score (nSPS) is 13.3. The summed E-state index contributed by atoms with van der Waals surface area (Å²) in [6, 6.07) is 6.98. The number of hydrogen-bond donors (Lipinski definition) is 1. The summed E-state index contributed by atoms with van der Waals surface area (Å²) >= 11 is 3.05. The van der Waals surface area contributed by atoms with Crippen LogP contribution in [0.5, 0.6) is 11.5 Å². The van der Waals surface area contributed by atoms with Gasteiger partial charge in [-0.25, -0.2) is 9.78 Å². The van der Waals surface area contributed by atoms with Gasteiger partial charge in [-0.2, -0.15) is 13.2 Å². The second kappa shape index (κ2) is 9.87. The molecular weight excluding hydrogens is 487 g/mol. The Kier molecular flexibility index (Phi) is 7.09. The van der Waals surface area contributed by atoms with Crippen LogP contribution in [0.3, 0.4) is 0 Å². The van der Waals surface area contributed by atoms with Gasteiger partial charge < -0.3 is 14.6 Å². The fraction of sp³-hybridized carbons (Fsp3) is 0.333. The van der Waals surface area contributed by atoms with E-state index >= 15 is 0 Å². The second-order valence-electron chi connectivity index (χ2n) is 7.85. The molecule has 1 aromatic heterocycles. The van der Waals surface area contributed by atoms with Gasteiger partial charge >= 0.3 is 12.1 Å². The van der Waals surface area contributed by atoms with Crippen LogP contribution in [0.1, 0.15) is 33.7 Å². The molecule has 2 heterocycles. The SMILES string of the molecule is Cc1cc(SCc2sc(-c3ccc(C(F)(F)F)cc3)nc2C)c2c(c1OCC(=O)O)CCCO2. The van der Waals surface area contributed by atoms with Crippen molar-refractivity contribution >= 4 is 29.1 Å². The van der Waals surface area contributed by atoms with Crippen molar-refractivity contribution < 1.29 is 32.5 Å². The molecule has 10 heteroatoms. The van der Waals surface area contributed by atoms with Crippen molar-refractivity contribution in [1.82, 2.24) is 4.98 Å². The van der Waals surface area contributed by atoms with Gasteiger partial charge in [-0.15, -0.1) is 23.1 Å². The first-order chi connectivity index (χ1) is 16.1. The zero-order valence-electron chi connectivity index (χ0n) is 18.5. The number of fused-ring (bicyclic) bond motifs is 1. The number of ether oxygens (including phenoxy) is 2. The molecule has 34 heavy (non-hydrogen) atoms. The summed E-state index contributed by atoms with van der Waals surface area (Å²) in [6.45, 7) is 3.95. The van der Waals surface area contributed by atoms with E-state index in [2.05, 4.69) is 4.98 Å². The van der Waals surface area contributed by atoms with Crippen LogP contribution in [0.25, 0.3) is 10.6 Å². The minimum atomic E-state index is -4.37. The number of aromatic nitrogens is 1. The zero-order chi connectivity index (χ0) is 24.5. The summed E-state index contributed by atoms with van der Waals surface area (Å²) in [5, 5.41) is 9.65. The molecule has 0 saturated heterocycles. The fourth-order valence-electron chi connectivity index (χ4n) is 3.70. The number of rotatable bonds is 7. The third kappa shape index (κ3) is 5.33. The molecule has 4 rings (SSSR count). The summed E-state index contributed by atoms with van der Waals surface area (Å²) in [7, 11) is 0. The van der Waals surface area contributed by atoms with E-state index in [9.17, 15) is 18.0 Å². The van der Waals surface area contributed by atoms with Crippen LogP contribution in [-0.2, 0) is 23.1 Å². The van der Waals surface area contributed by atoms with Crippen molar-refractivity contribution in [3.63, 3.8) is 0 Å². The van der Waals surface area contributed by atoms with Crippen molar-refractivity contribution in [2.45, 2.75) is 43.5 Å². The molecule has 0 radical (unpaired) electrons. The van der Waals surface area contributed by atoms with Gasteiger partial charge in [-0.3, -0.25) is 0 Å². The monoisotopic (exact) mass is 509 g/mol. The number of hydrogen-bond acceptors (Lipinski definition) is 6. The van der Waals surface area contributed by atoms with Crippen LogP contribution in [-0.4, -0.2) is 29.3 Å². The zero-order valence-corrected chi connectivity index (χ0v) is 20.1. The number of carbonyl (C=O) groups is 1. The third-order valence-electron chi connectivity index (χ3n) is 5.35. The molecule has 1 N–H and O–H groups in total. The smallest absolute Gasteiger partial charge is 0.416 e. The predicted molar refractivity (Wildman–Crippen MR) is 125 cm³/mol. The van der Waals surface area contributed by atoms with Gasteiger partial charge in [0.15, 0.2) is 6.61 Å². The van der Waals surface area contributed by atoms with Crippen molar-refractivity contribution in [3.05, 3.63) is 57.6 Å². The Labute approximate surface area is 202 Å². The molecule has 3 aromatic rings. The topological polar surface area (TPSA) is 68.7 Å². The second-order valence-corrected chi connectivity index (χ2v) is 9.96. The number of carboxylic acids is 1. The number of benzene rings is 2. The van der Waals surface area contributed by atoms with Gasteiger partial charge in [-0.05, 0) is 50.5 Å². The molecule has 180 valence electrons. The van der Waals surface area contributed by atoms with Crippen molar-refractivity contribution in [3.8, 4) is 22.1 Å². The minimum absolute atomic E-state index is 0.410. The Morgan fingerprint density at radius 2 is 2.00 bits per heavy atom. The lowest BCUT2D eigenvalue weighted by Gasteiger charge is -2.24. The Morgan fingerprint density at radius 3 is 2.68 bits per heavy atom. The van der Waals surface area contributed by atoms with Gasteiger partial charge in [0.25, 0.3) is 0 Å². The van der Waals surface area contributed by atoms with Crippen LogP contribution in [0.4, 0.5) is 13.2 Å². The lowest BCUT2D eigenvalue weighted by Crippen LogP contribution is -2.15. The molecule has 0 amide bonds. The van der Waals surface area contributed by atoms with Crippen molar-refractivity contribution in [1.29, 1.82) is 0 Å². The summed E-state index contributed by atoms with van der Waals surface area (Å²) < 4.78 is 50.0. The molecule has 0 spiro atoms. The maximum atomic E-state index is 12.8. The molecule has 5 nitrogen and oxygen atoms in total. The highest BCUT2D eigenvalue weighted by molar-refractivity contribution is 7.98. The van der Waals surface area contributed by atoms with Crippen molar-refractivity contribution in [2.24, 2.45) is 0 Å². The molecule has 0 unspecified atom stereocenters. The van der Waals surface area contributed by atoms with Crippen LogP contribution >= 0.6 is 23.1 Å². The van der Waals surface area contributed by atoms with E-state index in [0.717, 1.165) is 57.3 Å². The molecule has 0 atom stereocenters. The molecule has 2 aromatic carbocycles. The third-order valence-corrected chi connectivity index (χ3v) is 7.78. The number of aryl methyl sites for hydroxylation is 2. The molecule has 0 fully saturated rings. The summed E-state index contributed by atoms with van der Waals surface area (Å²) in [6.07, 6.45) is -2.79. The molecule has 1 aliphatic heterocycles. The lowest BCUT2D eigenvalue weighted by atomic mass is 10.0. The number of nitrogens with zero attached hydrogens (tertiary/aromatic N) is 1. The van der Waals surface area contributed by atoms with Crippen LogP contribution in [0.15, 0.2) is 35.2 Å². The number of thioether (sulfide) groups is 1. The van der Waals surface area contributed by atoms with Crippen molar-refractivity contribution in [2.75, 3.05) is 13.2 Å². The number of aliphatic carboxylic acids is 1. The van der Waals surface area contributed by atoms with Crippen LogP contribution in [0, 0.1) is 13.8 Å². The average Bonchev–Trinajstić information content (AvgIpc) is 3.17. The van der Waals surface area contributed by atoms with E-state index in [1.165, 1.54) is 23.5 Å². The molecule has 0 aliphatic carbocycles. The highest BCUT2D eigenvalue weighted by atomic mass is 32.2. The summed E-state index contributed by atoms with van der Waals surface area (Å²) in [5.74, 6) is 0.884. The Bertz CT molecular complexity index is 1210. The van der Waals surface area contributed by atoms with Crippen LogP contribution < -0.4 is 9.47 Å². The van der Waals surface area contributed by atoms with E-state index < -0.39 is 24.3 Å². The summed E-state index contributed by atoms with van der Waals surface area (Å²) in [4.78, 5) is 17.5. The highest BCUT2D eigenvalue weighted by Gasteiger charge is 2.30. The van der Waals surface area contributed by atoms with Gasteiger partial charge in [-0.1, -0.05) is 12.1 Å². The first-order valence-corrected chi connectivity index (χ1v) is 12.3. The first-order valence-electron chi connectivity index (χ1n) is 10.5. The van der Waals surface area contributed by atoms with Crippen LogP contribution in [0.2, 0.25) is 0 Å². The molecule has 1 aliphatic rings. The largest absolute Gasteiger partial charge is 0.492 e. The first kappa shape index (κ1) is 24.4.